The lowest BCUT2D eigenvalue weighted by molar-refractivity contribution is -0.136. The molecule has 1 aromatic carbocycles. The number of aromatic nitrogens is 1. The molecule has 21 heavy (non-hydrogen) atoms. The van der Waals surface area contributed by atoms with Crippen LogP contribution in [-0.4, -0.2) is 22.0 Å². The molecule has 2 rings (SSSR count). The molecule has 0 aliphatic heterocycles. The van der Waals surface area contributed by atoms with E-state index in [0.29, 0.717) is 16.4 Å². The Bertz CT molecular complexity index is 656. The van der Waals surface area contributed by atoms with Crippen LogP contribution in [0.5, 0.6) is 0 Å². The van der Waals surface area contributed by atoms with Crippen LogP contribution in [0.15, 0.2) is 42.6 Å². The summed E-state index contributed by atoms with van der Waals surface area (Å²) >= 11 is 5.86. The topological polar surface area (TPSA) is 79.3 Å². The molecule has 0 aliphatic rings. The molecule has 0 saturated heterocycles. The standard InChI is InChI=1S/C15H13ClN2O3/c16-11-3-1-2-10(6-11)7-14(19)18-13-5-4-12(17-9-13)8-15(20)21/h1-6,9H,7-8H2,(H,18,19)(H,20,21). The van der Waals surface area contributed by atoms with E-state index in [9.17, 15) is 9.59 Å². The van der Waals surface area contributed by atoms with E-state index < -0.39 is 5.97 Å². The predicted octanol–water partition coefficient (Wildman–Crippen LogP) is 2.54. The summed E-state index contributed by atoms with van der Waals surface area (Å²) < 4.78 is 0. The monoisotopic (exact) mass is 304 g/mol. The Kier molecular flexibility index (Phi) is 4.90. The van der Waals surface area contributed by atoms with Crippen LogP contribution in [0.3, 0.4) is 0 Å². The second kappa shape index (κ2) is 6.85. The number of hydrogen-bond donors (Lipinski definition) is 2. The molecular weight excluding hydrogens is 292 g/mol. The van der Waals surface area contributed by atoms with Crippen LogP contribution in [-0.2, 0) is 22.4 Å². The SMILES string of the molecule is O=C(O)Cc1ccc(NC(=O)Cc2cccc(Cl)c2)cn1. The largest absolute Gasteiger partial charge is 0.481 e. The summed E-state index contributed by atoms with van der Waals surface area (Å²) in [6, 6.07) is 10.3. The number of aliphatic carboxylic acids is 1. The minimum absolute atomic E-state index is 0.142. The molecule has 1 aromatic heterocycles. The Morgan fingerprint density at radius 1 is 1.19 bits per heavy atom. The average Bonchev–Trinajstić information content (AvgIpc) is 2.40. The Hall–Kier alpha value is -2.40. The number of hydrogen-bond acceptors (Lipinski definition) is 3. The number of carbonyl (C=O) groups excluding carboxylic acids is 1. The maximum absolute atomic E-state index is 11.9. The molecule has 0 unspecified atom stereocenters. The Morgan fingerprint density at radius 3 is 2.62 bits per heavy atom. The summed E-state index contributed by atoms with van der Waals surface area (Å²) in [5, 5.41) is 11.9. The second-order valence-corrected chi connectivity index (χ2v) is 4.90. The van der Waals surface area contributed by atoms with Crippen LogP contribution in [0.25, 0.3) is 0 Å². The summed E-state index contributed by atoms with van der Waals surface area (Å²) in [6.07, 6.45) is 1.50. The third kappa shape index (κ3) is 4.89. The van der Waals surface area contributed by atoms with Gasteiger partial charge in [-0.15, -0.1) is 0 Å². The minimum atomic E-state index is -0.944. The molecule has 0 radical (unpaired) electrons. The Morgan fingerprint density at radius 2 is 2.00 bits per heavy atom. The number of carboxylic acids is 1. The van der Waals surface area contributed by atoms with Crippen LogP contribution in [0.2, 0.25) is 5.02 Å². The van der Waals surface area contributed by atoms with Gasteiger partial charge in [0.05, 0.1) is 30.4 Å². The number of halogens is 1. The maximum atomic E-state index is 11.9. The highest BCUT2D eigenvalue weighted by atomic mass is 35.5. The molecule has 0 spiro atoms. The van der Waals surface area contributed by atoms with Crippen molar-refractivity contribution in [1.82, 2.24) is 4.98 Å². The summed E-state index contributed by atoms with van der Waals surface area (Å²) in [7, 11) is 0. The van der Waals surface area contributed by atoms with Crippen molar-refractivity contribution in [2.24, 2.45) is 0 Å². The summed E-state index contributed by atoms with van der Waals surface area (Å²) in [5.41, 5.74) is 1.78. The van der Waals surface area contributed by atoms with Crippen molar-refractivity contribution in [2.75, 3.05) is 5.32 Å². The van der Waals surface area contributed by atoms with Crippen molar-refractivity contribution < 1.29 is 14.7 Å². The number of nitrogens with zero attached hydrogens (tertiary/aromatic N) is 1. The Balaban J connectivity index is 1.95. The highest BCUT2D eigenvalue weighted by molar-refractivity contribution is 6.30. The zero-order valence-electron chi connectivity index (χ0n) is 11.0. The van der Waals surface area contributed by atoms with E-state index in [1.807, 2.05) is 6.07 Å². The predicted molar refractivity (Wildman–Crippen MR) is 79.4 cm³/mol. The van der Waals surface area contributed by atoms with E-state index in [1.165, 1.54) is 6.20 Å². The first-order chi connectivity index (χ1) is 10.0. The number of carboxylic acid groups (broad SMARTS) is 1. The van der Waals surface area contributed by atoms with E-state index in [-0.39, 0.29) is 18.7 Å². The summed E-state index contributed by atoms with van der Waals surface area (Å²) in [4.78, 5) is 26.4. The average molecular weight is 305 g/mol. The highest BCUT2D eigenvalue weighted by Crippen LogP contribution is 2.12. The maximum Gasteiger partial charge on any atom is 0.309 e. The van der Waals surface area contributed by atoms with Crippen LogP contribution in [0.1, 0.15) is 11.3 Å². The first kappa shape index (κ1) is 15.0. The molecule has 5 nitrogen and oxygen atoms in total. The second-order valence-electron chi connectivity index (χ2n) is 4.46. The van der Waals surface area contributed by atoms with Gasteiger partial charge in [0.25, 0.3) is 0 Å². The number of amides is 1. The van der Waals surface area contributed by atoms with Gasteiger partial charge in [-0.2, -0.15) is 0 Å². The van der Waals surface area contributed by atoms with Crippen LogP contribution >= 0.6 is 11.6 Å². The van der Waals surface area contributed by atoms with E-state index in [1.54, 1.807) is 30.3 Å². The molecule has 0 atom stereocenters. The van der Waals surface area contributed by atoms with Gasteiger partial charge in [0.1, 0.15) is 0 Å². The molecule has 0 fully saturated rings. The smallest absolute Gasteiger partial charge is 0.309 e. The van der Waals surface area contributed by atoms with Gasteiger partial charge in [0.2, 0.25) is 5.91 Å². The van der Waals surface area contributed by atoms with Gasteiger partial charge < -0.3 is 10.4 Å². The van der Waals surface area contributed by atoms with Gasteiger partial charge in [-0.1, -0.05) is 23.7 Å². The number of anilines is 1. The minimum Gasteiger partial charge on any atom is -0.481 e. The number of benzene rings is 1. The number of rotatable bonds is 5. The quantitative estimate of drug-likeness (QED) is 0.889. The molecule has 108 valence electrons. The fraction of sp³-hybridized carbons (Fsp3) is 0.133. The van der Waals surface area contributed by atoms with Gasteiger partial charge in [0.15, 0.2) is 0 Å². The van der Waals surface area contributed by atoms with Gasteiger partial charge in [0, 0.05) is 5.02 Å². The lowest BCUT2D eigenvalue weighted by Gasteiger charge is -2.06. The molecule has 0 saturated carbocycles. The third-order valence-electron chi connectivity index (χ3n) is 2.69. The van der Waals surface area contributed by atoms with Crippen molar-refractivity contribution in [3.05, 3.63) is 58.9 Å². The lowest BCUT2D eigenvalue weighted by atomic mass is 10.1. The normalized spacial score (nSPS) is 10.1. The zero-order chi connectivity index (χ0) is 15.2. The van der Waals surface area contributed by atoms with Crippen molar-refractivity contribution in [2.45, 2.75) is 12.8 Å². The van der Waals surface area contributed by atoms with Gasteiger partial charge in [-0.3, -0.25) is 14.6 Å². The van der Waals surface area contributed by atoms with Gasteiger partial charge in [-0.25, -0.2) is 0 Å². The molecule has 1 heterocycles. The molecule has 1 amide bonds. The van der Waals surface area contributed by atoms with Crippen molar-refractivity contribution >= 4 is 29.2 Å². The molecule has 2 aromatic rings. The fourth-order valence-corrected chi connectivity index (χ4v) is 2.01. The summed E-state index contributed by atoms with van der Waals surface area (Å²) in [6.45, 7) is 0. The molecule has 0 aliphatic carbocycles. The number of nitrogens with one attached hydrogen (secondary N) is 1. The molecular formula is C15H13ClN2O3. The molecule has 0 bridgehead atoms. The molecule has 2 N–H and O–H groups in total. The first-order valence-corrected chi connectivity index (χ1v) is 6.62. The highest BCUT2D eigenvalue weighted by Gasteiger charge is 2.06. The van der Waals surface area contributed by atoms with Crippen molar-refractivity contribution in [3.63, 3.8) is 0 Å². The zero-order valence-corrected chi connectivity index (χ0v) is 11.8. The van der Waals surface area contributed by atoms with Gasteiger partial charge >= 0.3 is 5.97 Å². The van der Waals surface area contributed by atoms with Crippen LogP contribution in [0, 0.1) is 0 Å². The summed E-state index contributed by atoms with van der Waals surface area (Å²) in [5.74, 6) is -1.13. The van der Waals surface area contributed by atoms with Crippen LogP contribution in [0.4, 0.5) is 5.69 Å². The lowest BCUT2D eigenvalue weighted by Crippen LogP contribution is -2.14. The number of carbonyl (C=O) groups is 2. The van der Waals surface area contributed by atoms with E-state index in [2.05, 4.69) is 10.3 Å². The van der Waals surface area contributed by atoms with E-state index in [4.69, 9.17) is 16.7 Å². The van der Waals surface area contributed by atoms with E-state index in [0.717, 1.165) is 5.56 Å². The van der Waals surface area contributed by atoms with E-state index >= 15 is 0 Å². The molecule has 6 heteroatoms. The van der Waals surface area contributed by atoms with Crippen LogP contribution < -0.4 is 5.32 Å². The first-order valence-electron chi connectivity index (χ1n) is 6.24. The number of pyridine rings is 1. The van der Waals surface area contributed by atoms with Crippen molar-refractivity contribution in [1.29, 1.82) is 0 Å². The van der Waals surface area contributed by atoms with Gasteiger partial charge in [-0.05, 0) is 29.8 Å². The fourth-order valence-electron chi connectivity index (χ4n) is 1.80. The van der Waals surface area contributed by atoms with Crippen molar-refractivity contribution in [3.8, 4) is 0 Å². The third-order valence-corrected chi connectivity index (χ3v) is 2.93. The Labute approximate surface area is 126 Å².